The van der Waals surface area contributed by atoms with Crippen molar-refractivity contribution in [3.63, 3.8) is 0 Å². The molecule has 16 heavy (non-hydrogen) atoms. The average Bonchev–Trinajstić information content (AvgIpc) is 2.64. The fourth-order valence-corrected chi connectivity index (χ4v) is 1.59. The number of rotatable bonds is 2. The summed E-state index contributed by atoms with van der Waals surface area (Å²) < 4.78 is 1.60. The quantitative estimate of drug-likeness (QED) is 0.867. The highest BCUT2D eigenvalue weighted by molar-refractivity contribution is 6.31. The maximum Gasteiger partial charge on any atom is 0.337 e. The molecule has 0 saturated carbocycles. The molecule has 1 heterocycles. The van der Waals surface area contributed by atoms with Crippen molar-refractivity contribution in [2.45, 2.75) is 6.92 Å². The van der Waals surface area contributed by atoms with Crippen LogP contribution in [-0.4, -0.2) is 25.8 Å². The molecular weight excluding hydrogens is 230 g/mol. The van der Waals surface area contributed by atoms with Gasteiger partial charge < -0.3 is 5.11 Å². The lowest BCUT2D eigenvalue weighted by atomic mass is 10.2. The fourth-order valence-electron chi connectivity index (χ4n) is 1.42. The molecule has 0 amide bonds. The second-order valence-electron chi connectivity index (χ2n) is 3.21. The molecule has 0 aliphatic rings. The summed E-state index contributed by atoms with van der Waals surface area (Å²) in [7, 11) is 0. The van der Waals surface area contributed by atoms with Crippen molar-refractivity contribution in [3.8, 4) is 5.69 Å². The van der Waals surface area contributed by atoms with Crippen LogP contribution < -0.4 is 0 Å². The molecule has 0 aliphatic carbocycles. The van der Waals surface area contributed by atoms with Crippen LogP contribution >= 0.6 is 11.6 Å². The van der Waals surface area contributed by atoms with E-state index in [0.717, 1.165) is 0 Å². The molecule has 0 radical (unpaired) electrons. The summed E-state index contributed by atoms with van der Waals surface area (Å²) in [5.41, 5.74) is 0.620. The first-order chi connectivity index (χ1) is 7.59. The molecule has 82 valence electrons. The molecule has 0 spiro atoms. The van der Waals surface area contributed by atoms with E-state index in [1.54, 1.807) is 23.6 Å². The van der Waals surface area contributed by atoms with E-state index in [1.165, 1.54) is 12.4 Å². The van der Waals surface area contributed by atoms with Gasteiger partial charge in [-0.05, 0) is 25.1 Å². The summed E-state index contributed by atoms with van der Waals surface area (Å²) in [6, 6.07) is 4.66. The Kier molecular flexibility index (Phi) is 2.62. The number of aromatic nitrogens is 3. The van der Waals surface area contributed by atoms with E-state index in [1.807, 2.05) is 0 Å². The van der Waals surface area contributed by atoms with E-state index >= 15 is 0 Å². The van der Waals surface area contributed by atoms with Crippen molar-refractivity contribution in [2.75, 3.05) is 0 Å². The molecule has 1 N–H and O–H groups in total. The van der Waals surface area contributed by atoms with Gasteiger partial charge in [-0.3, -0.25) is 4.57 Å². The van der Waals surface area contributed by atoms with Crippen LogP contribution in [0.5, 0.6) is 0 Å². The molecule has 0 atom stereocenters. The maximum atomic E-state index is 11.1. The number of hydrogen-bond donors (Lipinski definition) is 1. The van der Waals surface area contributed by atoms with E-state index in [2.05, 4.69) is 10.2 Å². The number of benzene rings is 1. The average molecular weight is 238 g/mol. The van der Waals surface area contributed by atoms with Gasteiger partial charge in [0.05, 0.1) is 11.3 Å². The van der Waals surface area contributed by atoms with Crippen molar-refractivity contribution in [1.29, 1.82) is 0 Å². The predicted molar refractivity (Wildman–Crippen MR) is 58.1 cm³/mol. The smallest absolute Gasteiger partial charge is 0.337 e. The number of nitrogens with zero attached hydrogens (tertiary/aromatic N) is 3. The third-order valence-electron chi connectivity index (χ3n) is 2.17. The lowest BCUT2D eigenvalue weighted by molar-refractivity contribution is 0.0697. The summed E-state index contributed by atoms with van der Waals surface area (Å²) >= 11 is 5.76. The van der Waals surface area contributed by atoms with Crippen LogP contribution in [0.25, 0.3) is 5.69 Å². The van der Waals surface area contributed by atoms with Gasteiger partial charge in [0.15, 0.2) is 0 Å². The summed E-state index contributed by atoms with van der Waals surface area (Å²) in [4.78, 5) is 11.1. The first-order valence-corrected chi connectivity index (χ1v) is 4.87. The minimum absolute atomic E-state index is 0.121. The van der Waals surface area contributed by atoms with Crippen LogP contribution in [0.2, 0.25) is 5.02 Å². The zero-order valence-electron chi connectivity index (χ0n) is 8.38. The summed E-state index contributed by atoms with van der Waals surface area (Å²) in [6.07, 6.45) is 1.46. The van der Waals surface area contributed by atoms with Crippen LogP contribution in [0.1, 0.15) is 16.2 Å². The molecule has 0 bridgehead atoms. The minimum atomic E-state index is -1.04. The van der Waals surface area contributed by atoms with E-state index in [4.69, 9.17) is 16.7 Å². The van der Waals surface area contributed by atoms with Crippen LogP contribution in [0.3, 0.4) is 0 Å². The predicted octanol–water partition coefficient (Wildman–Crippen LogP) is 1.93. The Labute approximate surface area is 96.3 Å². The van der Waals surface area contributed by atoms with Gasteiger partial charge in [0, 0.05) is 5.02 Å². The third-order valence-corrected chi connectivity index (χ3v) is 2.40. The summed E-state index contributed by atoms with van der Waals surface area (Å²) in [5, 5.41) is 17.0. The molecule has 0 unspecified atom stereocenters. The van der Waals surface area contributed by atoms with E-state index < -0.39 is 5.97 Å². The monoisotopic (exact) mass is 237 g/mol. The first-order valence-electron chi connectivity index (χ1n) is 4.49. The second kappa shape index (κ2) is 3.94. The standard InChI is InChI=1S/C10H8ClN3O2/c1-6-13-12-5-14(6)9-3-2-7(11)4-8(9)10(15)16/h2-5H,1H3,(H,15,16). The number of hydrogen-bond acceptors (Lipinski definition) is 3. The maximum absolute atomic E-state index is 11.1. The zero-order chi connectivity index (χ0) is 11.7. The van der Waals surface area contributed by atoms with Crippen LogP contribution in [-0.2, 0) is 0 Å². The molecule has 2 rings (SSSR count). The molecule has 1 aromatic carbocycles. The molecule has 2 aromatic rings. The Morgan fingerprint density at radius 1 is 1.50 bits per heavy atom. The fraction of sp³-hybridized carbons (Fsp3) is 0.100. The van der Waals surface area contributed by atoms with Crippen molar-refractivity contribution < 1.29 is 9.90 Å². The highest BCUT2D eigenvalue weighted by Gasteiger charge is 2.13. The van der Waals surface area contributed by atoms with Gasteiger partial charge in [-0.25, -0.2) is 4.79 Å². The molecule has 0 fully saturated rings. The van der Waals surface area contributed by atoms with Gasteiger partial charge in [-0.2, -0.15) is 0 Å². The summed E-state index contributed by atoms with van der Waals surface area (Å²) in [5.74, 6) is -0.421. The number of aromatic carboxylic acids is 1. The molecule has 5 nitrogen and oxygen atoms in total. The Morgan fingerprint density at radius 3 is 2.81 bits per heavy atom. The number of carbonyl (C=O) groups is 1. The van der Waals surface area contributed by atoms with Gasteiger partial charge in [0.1, 0.15) is 12.2 Å². The Balaban J connectivity index is 2.65. The van der Waals surface area contributed by atoms with Crippen LogP contribution in [0.15, 0.2) is 24.5 Å². The van der Waals surface area contributed by atoms with Crippen LogP contribution in [0.4, 0.5) is 0 Å². The normalized spacial score (nSPS) is 10.4. The number of carboxylic acid groups (broad SMARTS) is 1. The first kappa shape index (κ1) is 10.6. The SMILES string of the molecule is Cc1nncn1-c1ccc(Cl)cc1C(=O)O. The second-order valence-corrected chi connectivity index (χ2v) is 3.65. The third kappa shape index (κ3) is 1.77. The Bertz CT molecular complexity index is 551. The zero-order valence-corrected chi connectivity index (χ0v) is 9.14. The molecule has 6 heteroatoms. The molecular formula is C10H8ClN3O2. The van der Waals surface area contributed by atoms with Crippen molar-refractivity contribution in [1.82, 2.24) is 14.8 Å². The largest absolute Gasteiger partial charge is 0.478 e. The molecule has 0 aliphatic heterocycles. The lowest BCUT2D eigenvalue weighted by Gasteiger charge is -2.07. The number of carboxylic acids is 1. The van der Waals surface area contributed by atoms with Gasteiger partial charge in [-0.1, -0.05) is 11.6 Å². The van der Waals surface area contributed by atoms with E-state index in [9.17, 15) is 4.79 Å². The highest BCUT2D eigenvalue weighted by atomic mass is 35.5. The number of aryl methyl sites for hydroxylation is 1. The molecule has 1 aromatic heterocycles. The summed E-state index contributed by atoms with van der Waals surface area (Å²) in [6.45, 7) is 1.74. The van der Waals surface area contributed by atoms with Crippen LogP contribution in [0, 0.1) is 6.92 Å². The molecule has 0 saturated heterocycles. The van der Waals surface area contributed by atoms with E-state index in [0.29, 0.717) is 16.5 Å². The van der Waals surface area contributed by atoms with Gasteiger partial charge in [-0.15, -0.1) is 10.2 Å². The van der Waals surface area contributed by atoms with Crippen molar-refractivity contribution >= 4 is 17.6 Å². The van der Waals surface area contributed by atoms with E-state index in [-0.39, 0.29) is 5.56 Å². The topological polar surface area (TPSA) is 68.0 Å². The van der Waals surface area contributed by atoms with Crippen molar-refractivity contribution in [3.05, 3.63) is 40.9 Å². The Morgan fingerprint density at radius 2 is 2.25 bits per heavy atom. The van der Waals surface area contributed by atoms with Gasteiger partial charge in [0.2, 0.25) is 0 Å². The highest BCUT2D eigenvalue weighted by Crippen LogP contribution is 2.20. The minimum Gasteiger partial charge on any atom is -0.478 e. The number of halogens is 1. The van der Waals surface area contributed by atoms with Gasteiger partial charge in [0.25, 0.3) is 0 Å². The Hall–Kier alpha value is -1.88. The van der Waals surface area contributed by atoms with Gasteiger partial charge >= 0.3 is 5.97 Å². The van der Waals surface area contributed by atoms with Crippen molar-refractivity contribution in [2.24, 2.45) is 0 Å². The lowest BCUT2D eigenvalue weighted by Crippen LogP contribution is -2.06.